The fourth-order valence-corrected chi connectivity index (χ4v) is 2.97. The summed E-state index contributed by atoms with van der Waals surface area (Å²) < 4.78 is 5.76. The summed E-state index contributed by atoms with van der Waals surface area (Å²) in [7, 11) is 0. The third-order valence-corrected chi connectivity index (χ3v) is 4.72. The maximum atomic E-state index is 12.5. The Morgan fingerprint density at radius 3 is 2.59 bits per heavy atom. The number of carbonyl (C=O) groups is 2. The Kier molecular flexibility index (Phi) is 5.79. The number of fused-ring (bicyclic) bond motifs is 1. The number of nitrogens with one attached hydrogen (secondary N) is 2. The average molecular weight is 366 g/mol. The van der Waals surface area contributed by atoms with Crippen molar-refractivity contribution >= 4 is 17.5 Å². The van der Waals surface area contributed by atoms with Gasteiger partial charge in [0.25, 0.3) is 0 Å². The Hall–Kier alpha value is -2.82. The number of hydrogen-bond acceptors (Lipinski definition) is 3. The van der Waals surface area contributed by atoms with Gasteiger partial charge in [0.2, 0.25) is 11.8 Å². The molecule has 0 radical (unpaired) electrons. The van der Waals surface area contributed by atoms with Gasteiger partial charge in [-0.2, -0.15) is 0 Å². The van der Waals surface area contributed by atoms with Gasteiger partial charge in [-0.25, -0.2) is 0 Å². The maximum absolute atomic E-state index is 12.5. The largest absolute Gasteiger partial charge is 0.492 e. The topological polar surface area (TPSA) is 67.4 Å². The molecule has 2 aromatic rings. The van der Waals surface area contributed by atoms with E-state index in [1.54, 1.807) is 0 Å². The molecule has 1 aliphatic rings. The zero-order valence-electron chi connectivity index (χ0n) is 16.0. The van der Waals surface area contributed by atoms with E-state index in [0.717, 1.165) is 22.6 Å². The molecule has 0 fully saturated rings. The van der Waals surface area contributed by atoms with Crippen molar-refractivity contribution in [1.29, 1.82) is 0 Å². The summed E-state index contributed by atoms with van der Waals surface area (Å²) in [5.74, 6) is 0.411. The Labute approximate surface area is 160 Å². The van der Waals surface area contributed by atoms with Crippen LogP contribution in [-0.4, -0.2) is 18.4 Å². The van der Waals surface area contributed by atoms with Gasteiger partial charge >= 0.3 is 0 Å². The highest BCUT2D eigenvalue weighted by Gasteiger charge is 2.26. The number of amides is 2. The van der Waals surface area contributed by atoms with Crippen molar-refractivity contribution in [1.82, 2.24) is 5.32 Å². The number of hydrogen-bond donors (Lipinski definition) is 2. The Morgan fingerprint density at radius 2 is 1.89 bits per heavy atom. The second-order valence-electron chi connectivity index (χ2n) is 7.38. The van der Waals surface area contributed by atoms with Crippen molar-refractivity contribution in [2.75, 3.05) is 11.9 Å². The molecule has 27 heavy (non-hydrogen) atoms. The molecule has 0 bridgehead atoms. The minimum absolute atomic E-state index is 0.0159. The molecule has 5 heteroatoms. The smallest absolute Gasteiger partial charge is 0.227 e. The molecule has 3 rings (SSSR count). The number of ether oxygens (including phenoxy) is 1. The molecule has 0 spiro atoms. The summed E-state index contributed by atoms with van der Waals surface area (Å²) in [6, 6.07) is 13.7. The van der Waals surface area contributed by atoms with Crippen LogP contribution in [0.4, 0.5) is 5.69 Å². The van der Waals surface area contributed by atoms with Gasteiger partial charge in [-0.05, 0) is 42.7 Å². The number of rotatable bonds is 5. The zero-order valence-corrected chi connectivity index (χ0v) is 16.0. The van der Waals surface area contributed by atoms with Crippen LogP contribution in [-0.2, 0) is 22.6 Å². The van der Waals surface area contributed by atoms with Gasteiger partial charge in [0, 0.05) is 18.2 Å². The van der Waals surface area contributed by atoms with E-state index in [-0.39, 0.29) is 23.7 Å². The molecule has 0 aromatic heterocycles. The predicted octanol–water partition coefficient (Wildman–Crippen LogP) is 3.46. The van der Waals surface area contributed by atoms with Crippen LogP contribution in [0.15, 0.2) is 42.5 Å². The lowest BCUT2D eigenvalue weighted by molar-refractivity contribution is -0.126. The minimum atomic E-state index is -0.237. The van der Waals surface area contributed by atoms with E-state index in [4.69, 9.17) is 4.74 Å². The average Bonchev–Trinajstić information content (AvgIpc) is 2.66. The number of benzene rings is 2. The second kappa shape index (κ2) is 8.25. The molecule has 142 valence electrons. The van der Waals surface area contributed by atoms with E-state index in [1.807, 2.05) is 63.2 Å². The maximum Gasteiger partial charge on any atom is 0.227 e. The monoisotopic (exact) mass is 366 g/mol. The van der Waals surface area contributed by atoms with E-state index in [0.29, 0.717) is 19.6 Å². The molecule has 1 heterocycles. The van der Waals surface area contributed by atoms with Gasteiger partial charge < -0.3 is 15.4 Å². The number of carbonyl (C=O) groups excluding carboxylic acids is 2. The van der Waals surface area contributed by atoms with Crippen molar-refractivity contribution in [2.45, 2.75) is 33.7 Å². The molecular weight excluding hydrogens is 340 g/mol. The summed E-state index contributed by atoms with van der Waals surface area (Å²) in [6.45, 7) is 6.62. The highest BCUT2D eigenvalue weighted by molar-refractivity contribution is 5.92. The molecule has 0 saturated carbocycles. The first-order valence-electron chi connectivity index (χ1n) is 9.32. The summed E-state index contributed by atoms with van der Waals surface area (Å²) in [5, 5.41) is 5.88. The predicted molar refractivity (Wildman–Crippen MR) is 106 cm³/mol. The van der Waals surface area contributed by atoms with E-state index in [1.165, 1.54) is 5.56 Å². The van der Waals surface area contributed by atoms with Crippen molar-refractivity contribution in [3.63, 3.8) is 0 Å². The fraction of sp³-hybridized carbons (Fsp3) is 0.364. The van der Waals surface area contributed by atoms with E-state index in [9.17, 15) is 9.59 Å². The SMILES string of the molecule is Cc1ccc(CNC(=O)[C@@H]2COc3ccc(NC(=O)C(C)C)cc3C2)cc1. The van der Waals surface area contributed by atoms with Crippen LogP contribution in [0.25, 0.3) is 0 Å². The molecule has 2 aromatic carbocycles. The normalized spacial score (nSPS) is 15.6. The molecular formula is C22H26N2O3. The molecule has 5 nitrogen and oxygen atoms in total. The highest BCUT2D eigenvalue weighted by atomic mass is 16.5. The number of aryl methyl sites for hydroxylation is 1. The van der Waals surface area contributed by atoms with Crippen LogP contribution in [0.1, 0.15) is 30.5 Å². The molecule has 1 atom stereocenters. The van der Waals surface area contributed by atoms with Gasteiger partial charge in [0.1, 0.15) is 12.4 Å². The van der Waals surface area contributed by atoms with Crippen molar-refractivity contribution in [3.05, 3.63) is 59.2 Å². The standard InChI is InChI=1S/C22H26N2O3/c1-14(2)21(25)24-19-8-9-20-17(11-19)10-18(13-27-20)22(26)23-12-16-6-4-15(3)5-7-16/h4-9,11,14,18H,10,12-13H2,1-3H3,(H,23,26)(H,24,25)/t18-/m0/s1. The van der Waals surface area contributed by atoms with Crippen LogP contribution in [0, 0.1) is 18.8 Å². The lowest BCUT2D eigenvalue weighted by Gasteiger charge is -2.25. The number of anilines is 1. The summed E-state index contributed by atoms with van der Waals surface area (Å²) in [5.41, 5.74) is 3.95. The van der Waals surface area contributed by atoms with Gasteiger partial charge in [-0.3, -0.25) is 9.59 Å². The summed E-state index contributed by atoms with van der Waals surface area (Å²) >= 11 is 0. The van der Waals surface area contributed by atoms with Crippen LogP contribution < -0.4 is 15.4 Å². The van der Waals surface area contributed by atoms with Crippen molar-refractivity contribution in [2.24, 2.45) is 11.8 Å². The molecule has 0 saturated heterocycles. The van der Waals surface area contributed by atoms with E-state index < -0.39 is 0 Å². The molecule has 2 amide bonds. The first-order chi connectivity index (χ1) is 12.9. The first-order valence-corrected chi connectivity index (χ1v) is 9.32. The quantitative estimate of drug-likeness (QED) is 0.852. The van der Waals surface area contributed by atoms with Crippen LogP contribution >= 0.6 is 0 Å². The summed E-state index contributed by atoms with van der Waals surface area (Å²) in [4.78, 5) is 24.4. The van der Waals surface area contributed by atoms with Gasteiger partial charge in [-0.1, -0.05) is 43.7 Å². The Balaban J connectivity index is 1.61. The summed E-state index contributed by atoms with van der Waals surface area (Å²) in [6.07, 6.45) is 0.598. The van der Waals surface area contributed by atoms with Gasteiger partial charge in [0.05, 0.1) is 5.92 Å². The fourth-order valence-electron chi connectivity index (χ4n) is 2.97. The highest BCUT2D eigenvalue weighted by Crippen LogP contribution is 2.30. The second-order valence-corrected chi connectivity index (χ2v) is 7.38. The van der Waals surface area contributed by atoms with Crippen molar-refractivity contribution < 1.29 is 14.3 Å². The Bertz CT molecular complexity index is 828. The van der Waals surface area contributed by atoms with Crippen LogP contribution in [0.2, 0.25) is 0 Å². The van der Waals surface area contributed by atoms with Crippen molar-refractivity contribution in [3.8, 4) is 5.75 Å². The zero-order chi connectivity index (χ0) is 19.4. The third kappa shape index (κ3) is 4.88. The van der Waals surface area contributed by atoms with Gasteiger partial charge in [0.15, 0.2) is 0 Å². The molecule has 0 aliphatic carbocycles. The molecule has 2 N–H and O–H groups in total. The third-order valence-electron chi connectivity index (χ3n) is 4.72. The first kappa shape index (κ1) is 19.0. The lowest BCUT2D eigenvalue weighted by atomic mass is 9.95. The minimum Gasteiger partial charge on any atom is -0.492 e. The lowest BCUT2D eigenvalue weighted by Crippen LogP contribution is -2.37. The molecule has 0 unspecified atom stereocenters. The van der Waals surface area contributed by atoms with Crippen LogP contribution in [0.5, 0.6) is 5.75 Å². The van der Waals surface area contributed by atoms with E-state index >= 15 is 0 Å². The van der Waals surface area contributed by atoms with Crippen LogP contribution in [0.3, 0.4) is 0 Å². The molecule has 1 aliphatic heterocycles. The van der Waals surface area contributed by atoms with E-state index in [2.05, 4.69) is 10.6 Å². The Morgan fingerprint density at radius 1 is 1.15 bits per heavy atom. The van der Waals surface area contributed by atoms with Gasteiger partial charge in [-0.15, -0.1) is 0 Å².